The Kier molecular flexibility index (Phi) is 6.75. The highest BCUT2D eigenvalue weighted by Crippen LogP contribution is 2.18. The standard InChI is InChI=1S/C22H31N3O2S/c1-18-6-7-19(2)22(17-18)28(26,27)23-12-4-5-20-8-10-21(11-9-20)25-15-13-24(3)14-16-25/h6-11,17,23H,4-5,12-16H2,1-3H3. The summed E-state index contributed by atoms with van der Waals surface area (Å²) in [6.45, 7) is 8.51. The summed E-state index contributed by atoms with van der Waals surface area (Å²) in [5, 5.41) is 0. The second-order valence-electron chi connectivity index (χ2n) is 7.73. The summed E-state index contributed by atoms with van der Waals surface area (Å²) < 4.78 is 27.8. The highest BCUT2D eigenvalue weighted by molar-refractivity contribution is 7.89. The monoisotopic (exact) mass is 401 g/mol. The maximum atomic E-state index is 12.5. The van der Waals surface area contributed by atoms with Crippen LogP contribution in [0.5, 0.6) is 0 Å². The van der Waals surface area contributed by atoms with E-state index in [4.69, 9.17) is 0 Å². The van der Waals surface area contributed by atoms with E-state index in [1.165, 1.54) is 11.3 Å². The van der Waals surface area contributed by atoms with Gasteiger partial charge in [0.05, 0.1) is 4.90 Å². The van der Waals surface area contributed by atoms with Crippen LogP contribution in [0.15, 0.2) is 47.4 Å². The fourth-order valence-corrected chi connectivity index (χ4v) is 4.91. The molecule has 6 heteroatoms. The van der Waals surface area contributed by atoms with Gasteiger partial charge in [0.25, 0.3) is 0 Å². The Morgan fingerprint density at radius 1 is 0.964 bits per heavy atom. The van der Waals surface area contributed by atoms with Crippen LogP contribution in [0.4, 0.5) is 5.69 Å². The van der Waals surface area contributed by atoms with E-state index in [9.17, 15) is 8.42 Å². The lowest BCUT2D eigenvalue weighted by atomic mass is 10.1. The van der Waals surface area contributed by atoms with Gasteiger partial charge in [-0.2, -0.15) is 0 Å². The molecule has 1 aliphatic heterocycles. The molecule has 0 atom stereocenters. The number of rotatable bonds is 7. The van der Waals surface area contributed by atoms with Crippen LogP contribution in [-0.4, -0.2) is 53.1 Å². The zero-order valence-electron chi connectivity index (χ0n) is 17.1. The molecule has 0 amide bonds. The minimum Gasteiger partial charge on any atom is -0.369 e. The third-order valence-corrected chi connectivity index (χ3v) is 6.98. The van der Waals surface area contributed by atoms with Gasteiger partial charge < -0.3 is 9.80 Å². The molecule has 0 aliphatic carbocycles. The molecule has 0 unspecified atom stereocenters. The zero-order valence-corrected chi connectivity index (χ0v) is 17.9. The average molecular weight is 402 g/mol. The summed E-state index contributed by atoms with van der Waals surface area (Å²) in [4.78, 5) is 5.15. The largest absolute Gasteiger partial charge is 0.369 e. The molecule has 5 nitrogen and oxygen atoms in total. The maximum Gasteiger partial charge on any atom is 0.240 e. The van der Waals surface area contributed by atoms with Gasteiger partial charge in [-0.15, -0.1) is 0 Å². The van der Waals surface area contributed by atoms with E-state index in [0.717, 1.165) is 50.1 Å². The number of benzene rings is 2. The molecule has 0 bridgehead atoms. The van der Waals surface area contributed by atoms with Gasteiger partial charge >= 0.3 is 0 Å². The van der Waals surface area contributed by atoms with Gasteiger partial charge in [0.2, 0.25) is 10.0 Å². The number of nitrogens with zero attached hydrogens (tertiary/aromatic N) is 2. The SMILES string of the molecule is Cc1ccc(C)c(S(=O)(=O)NCCCc2ccc(N3CCN(C)CC3)cc2)c1. The molecular formula is C22H31N3O2S. The number of sulfonamides is 1. The van der Waals surface area contributed by atoms with E-state index in [0.29, 0.717) is 11.4 Å². The summed E-state index contributed by atoms with van der Waals surface area (Å²) in [5.74, 6) is 0. The average Bonchev–Trinajstić information content (AvgIpc) is 2.68. The van der Waals surface area contributed by atoms with Gasteiger partial charge in [0.1, 0.15) is 0 Å². The predicted octanol–water partition coefficient (Wildman–Crippen LogP) is 2.97. The fraction of sp³-hybridized carbons (Fsp3) is 0.455. The minimum atomic E-state index is -3.45. The quantitative estimate of drug-likeness (QED) is 0.725. The number of likely N-dealkylation sites (N-methyl/N-ethyl adjacent to an activating group) is 1. The van der Waals surface area contributed by atoms with Crippen LogP contribution in [0.1, 0.15) is 23.1 Å². The maximum absolute atomic E-state index is 12.5. The topological polar surface area (TPSA) is 52.7 Å². The molecule has 3 rings (SSSR count). The summed E-state index contributed by atoms with van der Waals surface area (Å²) in [6.07, 6.45) is 1.64. The zero-order chi connectivity index (χ0) is 20.1. The molecule has 1 aliphatic rings. The molecule has 1 N–H and O–H groups in total. The van der Waals surface area contributed by atoms with Crippen molar-refractivity contribution in [3.8, 4) is 0 Å². The second-order valence-corrected chi connectivity index (χ2v) is 9.46. The van der Waals surface area contributed by atoms with Crippen LogP contribution in [0, 0.1) is 13.8 Å². The van der Waals surface area contributed by atoms with E-state index in [1.807, 2.05) is 26.0 Å². The number of hydrogen-bond donors (Lipinski definition) is 1. The first-order chi connectivity index (χ1) is 13.3. The third-order valence-electron chi connectivity index (χ3n) is 5.37. The van der Waals surface area contributed by atoms with Crippen molar-refractivity contribution < 1.29 is 8.42 Å². The van der Waals surface area contributed by atoms with Crippen molar-refractivity contribution in [1.82, 2.24) is 9.62 Å². The van der Waals surface area contributed by atoms with Crippen LogP contribution >= 0.6 is 0 Å². The summed E-state index contributed by atoms with van der Waals surface area (Å²) in [7, 11) is -1.29. The summed E-state index contributed by atoms with van der Waals surface area (Å²) >= 11 is 0. The number of piperazine rings is 1. The Morgan fingerprint density at radius 3 is 2.32 bits per heavy atom. The van der Waals surface area contributed by atoms with Crippen LogP contribution in [0.3, 0.4) is 0 Å². The van der Waals surface area contributed by atoms with Crippen molar-refractivity contribution in [3.63, 3.8) is 0 Å². The number of aryl methyl sites for hydroxylation is 3. The molecule has 0 aromatic heterocycles. The van der Waals surface area contributed by atoms with Crippen molar-refractivity contribution >= 4 is 15.7 Å². The van der Waals surface area contributed by atoms with Crippen LogP contribution < -0.4 is 9.62 Å². The van der Waals surface area contributed by atoms with Crippen LogP contribution in [0.25, 0.3) is 0 Å². The van der Waals surface area contributed by atoms with Crippen molar-refractivity contribution in [1.29, 1.82) is 0 Å². The predicted molar refractivity (Wildman–Crippen MR) is 116 cm³/mol. The molecule has 0 spiro atoms. The Hall–Kier alpha value is -1.89. The van der Waals surface area contributed by atoms with Crippen LogP contribution in [-0.2, 0) is 16.4 Å². The van der Waals surface area contributed by atoms with Crippen LogP contribution in [0.2, 0.25) is 0 Å². The fourth-order valence-electron chi connectivity index (χ4n) is 3.51. The summed E-state index contributed by atoms with van der Waals surface area (Å²) in [6, 6.07) is 14.2. The normalized spacial score (nSPS) is 15.8. The lowest BCUT2D eigenvalue weighted by molar-refractivity contribution is 0.313. The lowest BCUT2D eigenvalue weighted by Crippen LogP contribution is -2.44. The van der Waals surface area contributed by atoms with Crippen molar-refractivity contribution in [3.05, 3.63) is 59.2 Å². The Bertz CT molecular complexity index is 886. The molecule has 1 heterocycles. The first kappa shape index (κ1) is 20.8. The molecular weight excluding hydrogens is 370 g/mol. The van der Waals surface area contributed by atoms with E-state index < -0.39 is 10.0 Å². The highest BCUT2D eigenvalue weighted by atomic mass is 32.2. The van der Waals surface area contributed by atoms with E-state index in [1.54, 1.807) is 6.07 Å². The van der Waals surface area contributed by atoms with Crippen molar-refractivity contribution in [2.75, 3.05) is 44.7 Å². The van der Waals surface area contributed by atoms with Crippen molar-refractivity contribution in [2.24, 2.45) is 0 Å². The van der Waals surface area contributed by atoms with Gasteiger partial charge in [-0.25, -0.2) is 13.1 Å². The lowest BCUT2D eigenvalue weighted by Gasteiger charge is -2.34. The van der Waals surface area contributed by atoms with Gasteiger partial charge in [-0.1, -0.05) is 24.3 Å². The molecule has 2 aromatic carbocycles. The molecule has 2 aromatic rings. The summed E-state index contributed by atoms with van der Waals surface area (Å²) in [5.41, 5.74) is 4.24. The Balaban J connectivity index is 1.49. The Morgan fingerprint density at radius 2 is 1.64 bits per heavy atom. The number of nitrogens with one attached hydrogen (secondary N) is 1. The Labute approximate surface area is 169 Å². The highest BCUT2D eigenvalue weighted by Gasteiger charge is 2.16. The molecule has 1 saturated heterocycles. The van der Waals surface area contributed by atoms with E-state index >= 15 is 0 Å². The second kappa shape index (κ2) is 9.07. The van der Waals surface area contributed by atoms with Crippen molar-refractivity contribution in [2.45, 2.75) is 31.6 Å². The number of hydrogen-bond acceptors (Lipinski definition) is 4. The van der Waals surface area contributed by atoms with Gasteiger partial charge in [-0.3, -0.25) is 0 Å². The molecule has 152 valence electrons. The molecule has 1 fully saturated rings. The molecule has 0 radical (unpaired) electrons. The van der Waals surface area contributed by atoms with Gasteiger partial charge in [0.15, 0.2) is 0 Å². The third kappa shape index (κ3) is 5.34. The molecule has 0 saturated carbocycles. The minimum absolute atomic E-state index is 0.379. The molecule has 28 heavy (non-hydrogen) atoms. The first-order valence-corrected chi connectivity index (χ1v) is 11.4. The van der Waals surface area contributed by atoms with Gasteiger partial charge in [0, 0.05) is 38.4 Å². The smallest absolute Gasteiger partial charge is 0.240 e. The van der Waals surface area contributed by atoms with Gasteiger partial charge in [-0.05, 0) is 68.6 Å². The first-order valence-electron chi connectivity index (χ1n) is 9.94. The van der Waals surface area contributed by atoms with E-state index in [2.05, 4.69) is 45.8 Å². The number of anilines is 1. The van der Waals surface area contributed by atoms with E-state index in [-0.39, 0.29) is 0 Å².